The van der Waals surface area contributed by atoms with Crippen LogP contribution in [0.5, 0.6) is 0 Å². The van der Waals surface area contributed by atoms with E-state index in [1.54, 1.807) is 25.1 Å². The fourth-order valence-electron chi connectivity index (χ4n) is 1.27. The Morgan fingerprint density at radius 2 is 2.12 bits per heavy atom. The maximum Gasteiger partial charge on any atom is 0.373 e. The van der Waals surface area contributed by atoms with E-state index in [2.05, 4.69) is 4.74 Å². The summed E-state index contributed by atoms with van der Waals surface area (Å²) in [6.07, 6.45) is 0.868. The molecule has 0 fully saturated rings. The van der Waals surface area contributed by atoms with Gasteiger partial charge in [-0.2, -0.15) is 0 Å². The summed E-state index contributed by atoms with van der Waals surface area (Å²) < 4.78 is 4.55. The Labute approximate surface area is 99.5 Å². The molecular formula is C13H14O4. The van der Waals surface area contributed by atoms with Crippen molar-refractivity contribution in [2.24, 2.45) is 0 Å². The first kappa shape index (κ1) is 13.0. The third kappa shape index (κ3) is 3.75. The fraction of sp³-hybridized carbons (Fsp3) is 0.231. The topological polar surface area (TPSA) is 63.6 Å². The molecular weight excluding hydrogens is 220 g/mol. The molecule has 0 aliphatic heterocycles. The first-order chi connectivity index (χ1) is 8.04. The molecule has 0 saturated heterocycles. The third-order valence-corrected chi connectivity index (χ3v) is 2.05. The van der Waals surface area contributed by atoms with Gasteiger partial charge in [0.15, 0.2) is 5.78 Å². The van der Waals surface area contributed by atoms with E-state index in [0.29, 0.717) is 5.56 Å². The predicted octanol–water partition coefficient (Wildman–Crippen LogP) is 2.18. The molecule has 0 aliphatic carbocycles. The molecule has 17 heavy (non-hydrogen) atoms. The first-order valence-corrected chi connectivity index (χ1v) is 5.23. The van der Waals surface area contributed by atoms with Crippen molar-refractivity contribution in [2.75, 3.05) is 6.61 Å². The second-order valence-corrected chi connectivity index (χ2v) is 3.48. The zero-order chi connectivity index (χ0) is 12.8. The lowest BCUT2D eigenvalue weighted by Crippen LogP contribution is -2.09. The van der Waals surface area contributed by atoms with Gasteiger partial charge in [0.1, 0.15) is 0 Å². The largest absolute Gasteiger partial charge is 0.502 e. The number of ether oxygens (including phenoxy) is 1. The van der Waals surface area contributed by atoms with Gasteiger partial charge in [0, 0.05) is 11.6 Å². The number of aliphatic hydroxyl groups excluding tert-OH is 1. The normalized spacial score (nSPS) is 11.1. The number of carbonyl (C=O) groups is 2. The van der Waals surface area contributed by atoms with E-state index in [1.165, 1.54) is 0 Å². The summed E-state index contributed by atoms with van der Waals surface area (Å²) in [6.45, 7) is 3.62. The van der Waals surface area contributed by atoms with Gasteiger partial charge in [0.25, 0.3) is 0 Å². The van der Waals surface area contributed by atoms with Crippen LogP contribution in [0.3, 0.4) is 0 Å². The van der Waals surface area contributed by atoms with Crippen molar-refractivity contribution in [3.8, 4) is 0 Å². The summed E-state index contributed by atoms with van der Waals surface area (Å²) in [5.74, 6) is -2.01. The predicted molar refractivity (Wildman–Crippen MR) is 62.9 cm³/mol. The Bertz CT molecular complexity index is 460. The minimum absolute atomic E-state index is 0.148. The zero-order valence-electron chi connectivity index (χ0n) is 9.77. The fourth-order valence-corrected chi connectivity index (χ4v) is 1.27. The molecule has 0 radical (unpaired) electrons. The summed E-state index contributed by atoms with van der Waals surface area (Å²) in [6, 6.07) is 6.88. The van der Waals surface area contributed by atoms with Gasteiger partial charge in [-0.15, -0.1) is 0 Å². The second-order valence-electron chi connectivity index (χ2n) is 3.48. The van der Waals surface area contributed by atoms with Crippen LogP contribution < -0.4 is 0 Å². The van der Waals surface area contributed by atoms with Crippen LogP contribution in [-0.2, 0) is 9.53 Å². The monoisotopic (exact) mass is 234 g/mol. The quantitative estimate of drug-likeness (QED) is 0.375. The van der Waals surface area contributed by atoms with E-state index in [4.69, 9.17) is 0 Å². The summed E-state index contributed by atoms with van der Waals surface area (Å²) in [5, 5.41) is 9.32. The van der Waals surface area contributed by atoms with E-state index < -0.39 is 17.5 Å². The number of ketones is 1. The molecule has 0 amide bonds. The minimum atomic E-state index is -0.895. The molecule has 4 nitrogen and oxygen atoms in total. The van der Waals surface area contributed by atoms with Crippen molar-refractivity contribution in [1.82, 2.24) is 0 Å². The molecule has 0 spiro atoms. The summed E-state index contributed by atoms with van der Waals surface area (Å²) in [5.41, 5.74) is 1.35. The molecule has 4 heteroatoms. The average Bonchev–Trinajstić information content (AvgIpc) is 2.29. The Morgan fingerprint density at radius 1 is 1.41 bits per heavy atom. The SMILES string of the molecule is CCOC(=O)C(O)=CC(=O)c1cccc(C)c1. The van der Waals surface area contributed by atoms with Gasteiger partial charge in [-0.1, -0.05) is 23.8 Å². The van der Waals surface area contributed by atoms with Gasteiger partial charge >= 0.3 is 5.97 Å². The van der Waals surface area contributed by atoms with Gasteiger partial charge in [-0.25, -0.2) is 4.79 Å². The number of benzene rings is 1. The van der Waals surface area contributed by atoms with Crippen LogP contribution in [0.2, 0.25) is 0 Å². The maximum atomic E-state index is 11.7. The molecule has 0 unspecified atom stereocenters. The molecule has 0 bridgehead atoms. The lowest BCUT2D eigenvalue weighted by molar-refractivity contribution is -0.141. The Balaban J connectivity index is 2.85. The first-order valence-electron chi connectivity index (χ1n) is 5.23. The van der Waals surface area contributed by atoms with Crippen molar-refractivity contribution in [2.45, 2.75) is 13.8 Å². The number of allylic oxidation sites excluding steroid dienone is 1. The molecule has 90 valence electrons. The highest BCUT2D eigenvalue weighted by molar-refractivity contribution is 6.08. The molecule has 1 N–H and O–H groups in total. The number of hydrogen-bond donors (Lipinski definition) is 1. The van der Waals surface area contributed by atoms with Crippen molar-refractivity contribution in [3.05, 3.63) is 47.2 Å². The van der Waals surface area contributed by atoms with Gasteiger partial charge in [-0.3, -0.25) is 4.79 Å². The smallest absolute Gasteiger partial charge is 0.373 e. The molecule has 0 aliphatic rings. The number of carbonyl (C=O) groups excluding carboxylic acids is 2. The molecule has 0 heterocycles. The Morgan fingerprint density at radius 3 is 2.71 bits per heavy atom. The standard InChI is InChI=1S/C13H14O4/c1-3-17-13(16)12(15)8-11(14)10-6-4-5-9(2)7-10/h4-8,15H,3H2,1-2H3. The number of rotatable bonds is 4. The van der Waals surface area contributed by atoms with Crippen molar-refractivity contribution < 1.29 is 19.4 Å². The van der Waals surface area contributed by atoms with Crippen LogP contribution in [0, 0.1) is 6.92 Å². The van der Waals surface area contributed by atoms with Gasteiger partial charge in [0.05, 0.1) is 6.61 Å². The Kier molecular flexibility index (Phi) is 4.46. The van der Waals surface area contributed by atoms with Crippen LogP contribution in [-0.4, -0.2) is 23.5 Å². The van der Waals surface area contributed by atoms with E-state index in [0.717, 1.165) is 11.6 Å². The number of hydrogen-bond acceptors (Lipinski definition) is 4. The van der Waals surface area contributed by atoms with Crippen molar-refractivity contribution in [3.63, 3.8) is 0 Å². The highest BCUT2D eigenvalue weighted by Gasteiger charge is 2.11. The lowest BCUT2D eigenvalue weighted by Gasteiger charge is -2.01. The molecule has 0 saturated carbocycles. The molecule has 1 aromatic rings. The van der Waals surface area contributed by atoms with Crippen LogP contribution >= 0.6 is 0 Å². The summed E-state index contributed by atoms with van der Waals surface area (Å²) in [4.78, 5) is 22.8. The zero-order valence-corrected chi connectivity index (χ0v) is 9.77. The van der Waals surface area contributed by atoms with E-state index in [1.807, 2.05) is 13.0 Å². The van der Waals surface area contributed by atoms with Crippen LogP contribution in [0.15, 0.2) is 36.1 Å². The average molecular weight is 234 g/mol. The number of aliphatic hydroxyl groups is 1. The van der Waals surface area contributed by atoms with E-state index in [-0.39, 0.29) is 6.61 Å². The van der Waals surface area contributed by atoms with Crippen LogP contribution in [0.25, 0.3) is 0 Å². The minimum Gasteiger partial charge on any atom is -0.502 e. The molecule has 0 aromatic heterocycles. The van der Waals surface area contributed by atoms with Crippen molar-refractivity contribution >= 4 is 11.8 Å². The second kappa shape index (κ2) is 5.84. The van der Waals surface area contributed by atoms with E-state index in [9.17, 15) is 14.7 Å². The highest BCUT2D eigenvalue weighted by atomic mass is 16.5. The van der Waals surface area contributed by atoms with Crippen molar-refractivity contribution in [1.29, 1.82) is 0 Å². The van der Waals surface area contributed by atoms with Gasteiger partial charge in [-0.05, 0) is 19.9 Å². The Hall–Kier alpha value is -2.10. The van der Waals surface area contributed by atoms with Crippen LogP contribution in [0.1, 0.15) is 22.8 Å². The van der Waals surface area contributed by atoms with E-state index >= 15 is 0 Å². The summed E-state index contributed by atoms with van der Waals surface area (Å²) in [7, 11) is 0. The van der Waals surface area contributed by atoms with Crippen LogP contribution in [0.4, 0.5) is 0 Å². The highest BCUT2D eigenvalue weighted by Crippen LogP contribution is 2.07. The molecule has 1 rings (SSSR count). The molecule has 0 atom stereocenters. The summed E-state index contributed by atoms with van der Waals surface area (Å²) >= 11 is 0. The lowest BCUT2D eigenvalue weighted by atomic mass is 10.1. The van der Waals surface area contributed by atoms with Gasteiger partial charge < -0.3 is 9.84 Å². The number of aryl methyl sites for hydroxylation is 1. The number of esters is 1. The molecule has 1 aromatic carbocycles. The third-order valence-electron chi connectivity index (χ3n) is 2.05. The maximum absolute atomic E-state index is 11.7. The van der Waals surface area contributed by atoms with Gasteiger partial charge in [0.2, 0.25) is 5.76 Å².